The Hall–Kier alpha value is -2.35. The molecule has 0 aliphatic heterocycles. The molecule has 0 fully saturated rings. The summed E-state index contributed by atoms with van der Waals surface area (Å²) in [7, 11) is 0. The fourth-order valence-corrected chi connectivity index (χ4v) is 3.43. The predicted octanol–water partition coefficient (Wildman–Crippen LogP) is 3.61. The summed E-state index contributed by atoms with van der Waals surface area (Å²) in [5.41, 5.74) is 4.08. The zero-order valence-electron chi connectivity index (χ0n) is 16.2. The van der Waals surface area contributed by atoms with E-state index in [1.807, 2.05) is 0 Å². The summed E-state index contributed by atoms with van der Waals surface area (Å²) < 4.78 is 2.12. The van der Waals surface area contributed by atoms with Gasteiger partial charge >= 0.3 is 0 Å². The van der Waals surface area contributed by atoms with E-state index in [2.05, 4.69) is 33.7 Å². The zero-order valence-corrected chi connectivity index (χ0v) is 17.8. The van der Waals surface area contributed by atoms with E-state index in [1.165, 1.54) is 4.57 Å². The average Bonchev–Trinajstić information content (AvgIpc) is 2.67. The number of benzene rings is 1. The van der Waals surface area contributed by atoms with Crippen molar-refractivity contribution in [3.8, 4) is 5.75 Å². The van der Waals surface area contributed by atoms with Gasteiger partial charge in [0.05, 0.1) is 5.52 Å². The van der Waals surface area contributed by atoms with E-state index in [1.54, 1.807) is 25.1 Å². The number of hydrazine groups is 1. The lowest BCUT2D eigenvalue weighted by Gasteiger charge is -2.14. The summed E-state index contributed by atoms with van der Waals surface area (Å²) in [6.45, 7) is 4.24. The van der Waals surface area contributed by atoms with Crippen molar-refractivity contribution in [1.29, 1.82) is 0 Å². The maximum Gasteiger partial charge on any atom is 0.279 e. The first-order chi connectivity index (χ1) is 13.4. The average molecular weight is 452 g/mol. The van der Waals surface area contributed by atoms with Crippen LogP contribution in [0.2, 0.25) is 0 Å². The number of carbonyl (C=O) groups excluding carboxylic acids is 2. The smallest absolute Gasteiger partial charge is 0.279 e. The van der Waals surface area contributed by atoms with Crippen LogP contribution in [0.25, 0.3) is 10.9 Å². The van der Waals surface area contributed by atoms with Crippen LogP contribution in [0.1, 0.15) is 62.7 Å². The van der Waals surface area contributed by atoms with Crippen LogP contribution in [0.4, 0.5) is 0 Å². The van der Waals surface area contributed by atoms with Gasteiger partial charge < -0.3 is 9.67 Å². The van der Waals surface area contributed by atoms with Gasteiger partial charge in [-0.2, -0.15) is 0 Å². The van der Waals surface area contributed by atoms with E-state index < -0.39 is 22.8 Å². The van der Waals surface area contributed by atoms with Gasteiger partial charge in [0.1, 0.15) is 11.3 Å². The number of nitrogens with one attached hydrogen (secondary N) is 2. The minimum Gasteiger partial charge on any atom is -0.506 e. The van der Waals surface area contributed by atoms with E-state index in [0.29, 0.717) is 28.3 Å². The molecule has 0 saturated heterocycles. The molecular formula is C20H26BrN3O4. The number of hydrogen-bond donors (Lipinski definition) is 3. The Labute approximate surface area is 172 Å². The van der Waals surface area contributed by atoms with Gasteiger partial charge in [0.15, 0.2) is 0 Å². The number of hydrogen-bond acceptors (Lipinski definition) is 4. The fourth-order valence-electron chi connectivity index (χ4n) is 3.07. The number of aromatic nitrogens is 1. The molecule has 152 valence electrons. The van der Waals surface area contributed by atoms with Gasteiger partial charge in [-0.05, 0) is 31.5 Å². The number of aromatic hydroxyl groups is 1. The van der Waals surface area contributed by atoms with Crippen molar-refractivity contribution >= 4 is 38.6 Å². The van der Waals surface area contributed by atoms with Crippen LogP contribution in [0.3, 0.4) is 0 Å². The first-order valence-electron chi connectivity index (χ1n) is 9.54. The van der Waals surface area contributed by atoms with Crippen LogP contribution >= 0.6 is 15.9 Å². The Morgan fingerprint density at radius 2 is 1.82 bits per heavy atom. The number of nitrogens with zero attached hydrogens (tertiary/aromatic N) is 1. The Morgan fingerprint density at radius 3 is 2.50 bits per heavy atom. The standard InChI is InChI=1S/C20H26BrN3O4/c1-3-5-6-7-8-9-16(25)22-23-19(27)17-18(26)14-12-13(21)10-11-15(14)24(4-2)20(17)28/h10-12,26H,3-9H2,1-2H3,(H,22,25)(H,23,27). The molecule has 0 radical (unpaired) electrons. The largest absolute Gasteiger partial charge is 0.506 e. The van der Waals surface area contributed by atoms with Crippen molar-refractivity contribution in [1.82, 2.24) is 15.4 Å². The van der Waals surface area contributed by atoms with Gasteiger partial charge in [-0.1, -0.05) is 48.5 Å². The molecule has 1 aromatic heterocycles. The molecule has 28 heavy (non-hydrogen) atoms. The summed E-state index contributed by atoms with van der Waals surface area (Å²) in [6, 6.07) is 5.10. The second-order valence-electron chi connectivity index (χ2n) is 6.60. The van der Waals surface area contributed by atoms with Gasteiger partial charge in [0.2, 0.25) is 5.91 Å². The molecule has 7 nitrogen and oxygen atoms in total. The van der Waals surface area contributed by atoms with E-state index in [-0.39, 0.29) is 5.91 Å². The lowest BCUT2D eigenvalue weighted by molar-refractivity contribution is -0.122. The van der Waals surface area contributed by atoms with Crippen molar-refractivity contribution < 1.29 is 14.7 Å². The number of halogens is 1. The highest BCUT2D eigenvalue weighted by Crippen LogP contribution is 2.29. The molecule has 0 aliphatic rings. The third-order valence-corrected chi connectivity index (χ3v) is 5.06. The highest BCUT2D eigenvalue weighted by Gasteiger charge is 2.22. The molecule has 2 aromatic rings. The topological polar surface area (TPSA) is 100 Å². The first kappa shape index (κ1) is 21.9. The maximum atomic E-state index is 12.7. The molecular weight excluding hydrogens is 426 g/mol. The highest BCUT2D eigenvalue weighted by atomic mass is 79.9. The lowest BCUT2D eigenvalue weighted by atomic mass is 10.1. The number of pyridine rings is 1. The molecule has 1 heterocycles. The molecule has 0 bridgehead atoms. The summed E-state index contributed by atoms with van der Waals surface area (Å²) in [6.07, 6.45) is 5.33. The van der Waals surface area contributed by atoms with Gasteiger partial charge in [-0.25, -0.2) is 0 Å². The molecule has 3 N–H and O–H groups in total. The summed E-state index contributed by atoms with van der Waals surface area (Å²) in [4.78, 5) is 37.1. The maximum absolute atomic E-state index is 12.7. The molecule has 1 aromatic carbocycles. The quantitative estimate of drug-likeness (QED) is 0.421. The minimum absolute atomic E-state index is 0.292. The van der Waals surface area contributed by atoms with Crippen molar-refractivity contribution in [2.45, 2.75) is 58.9 Å². The summed E-state index contributed by atoms with van der Waals surface area (Å²) >= 11 is 3.33. The van der Waals surface area contributed by atoms with Gasteiger partial charge in [-0.3, -0.25) is 25.2 Å². The zero-order chi connectivity index (χ0) is 20.7. The highest BCUT2D eigenvalue weighted by molar-refractivity contribution is 9.10. The van der Waals surface area contributed by atoms with Crippen molar-refractivity contribution in [2.24, 2.45) is 0 Å². The predicted molar refractivity (Wildman–Crippen MR) is 112 cm³/mol. The minimum atomic E-state index is -0.842. The van der Waals surface area contributed by atoms with Crippen LogP contribution in [0.5, 0.6) is 5.75 Å². The van der Waals surface area contributed by atoms with Crippen LogP contribution in [-0.4, -0.2) is 21.5 Å². The number of aryl methyl sites for hydroxylation is 1. The lowest BCUT2D eigenvalue weighted by Crippen LogP contribution is -2.44. The molecule has 0 unspecified atom stereocenters. The monoisotopic (exact) mass is 451 g/mol. The molecule has 8 heteroatoms. The Bertz CT molecular complexity index is 924. The van der Waals surface area contributed by atoms with E-state index >= 15 is 0 Å². The van der Waals surface area contributed by atoms with Crippen LogP contribution in [0, 0.1) is 0 Å². The fraction of sp³-hybridized carbons (Fsp3) is 0.450. The van der Waals surface area contributed by atoms with Gasteiger partial charge in [0, 0.05) is 22.8 Å². The van der Waals surface area contributed by atoms with Crippen molar-refractivity contribution in [2.75, 3.05) is 0 Å². The molecule has 0 saturated carbocycles. The Balaban J connectivity index is 2.15. The normalized spacial score (nSPS) is 10.8. The molecule has 2 amide bonds. The van der Waals surface area contributed by atoms with Crippen LogP contribution in [-0.2, 0) is 11.3 Å². The van der Waals surface area contributed by atoms with E-state index in [0.717, 1.165) is 32.1 Å². The molecule has 0 spiro atoms. The number of amides is 2. The third kappa shape index (κ3) is 5.13. The van der Waals surface area contributed by atoms with E-state index in [9.17, 15) is 19.5 Å². The second-order valence-corrected chi connectivity index (χ2v) is 7.52. The van der Waals surface area contributed by atoms with E-state index in [4.69, 9.17) is 0 Å². The summed E-state index contributed by atoms with van der Waals surface area (Å²) in [5, 5.41) is 10.9. The molecule has 2 rings (SSSR count). The number of unbranched alkanes of at least 4 members (excludes halogenated alkanes) is 4. The Morgan fingerprint density at radius 1 is 1.11 bits per heavy atom. The number of carbonyl (C=O) groups is 2. The third-order valence-electron chi connectivity index (χ3n) is 4.57. The summed E-state index contributed by atoms with van der Waals surface area (Å²) in [5.74, 6) is -1.58. The van der Waals surface area contributed by atoms with Gasteiger partial charge in [0.25, 0.3) is 11.5 Å². The Kier molecular flexibility index (Phi) is 8.04. The van der Waals surface area contributed by atoms with Crippen LogP contribution < -0.4 is 16.4 Å². The molecule has 0 aliphatic carbocycles. The van der Waals surface area contributed by atoms with Crippen LogP contribution in [0.15, 0.2) is 27.5 Å². The molecule has 0 atom stereocenters. The number of fused-ring (bicyclic) bond motifs is 1. The van der Waals surface area contributed by atoms with Crippen molar-refractivity contribution in [3.05, 3.63) is 38.6 Å². The van der Waals surface area contributed by atoms with Crippen molar-refractivity contribution in [3.63, 3.8) is 0 Å². The SMILES string of the molecule is CCCCCCCC(=O)NNC(=O)c1c(O)c2cc(Br)ccc2n(CC)c1=O. The number of rotatable bonds is 8. The second kappa shape index (κ2) is 10.3. The van der Waals surface area contributed by atoms with Gasteiger partial charge in [-0.15, -0.1) is 0 Å². The first-order valence-corrected chi connectivity index (χ1v) is 10.3.